The average Bonchev–Trinajstić information content (AvgIpc) is 2.39. The van der Waals surface area contributed by atoms with Crippen LogP contribution in [0, 0.1) is 6.92 Å². The summed E-state index contributed by atoms with van der Waals surface area (Å²) in [5, 5.41) is 8.83. The molecule has 19 heavy (non-hydrogen) atoms. The van der Waals surface area contributed by atoms with Gasteiger partial charge >= 0.3 is 0 Å². The summed E-state index contributed by atoms with van der Waals surface area (Å²) in [4.78, 5) is 0. The first kappa shape index (κ1) is 15.5. The zero-order valence-corrected chi connectivity index (χ0v) is 12.4. The van der Waals surface area contributed by atoms with Crippen LogP contribution in [0.15, 0.2) is 54.6 Å². The van der Waals surface area contributed by atoms with Gasteiger partial charge in [-0.05, 0) is 23.5 Å². The molecule has 0 spiro atoms. The fourth-order valence-corrected chi connectivity index (χ4v) is 1.64. The van der Waals surface area contributed by atoms with Crippen molar-refractivity contribution in [2.75, 3.05) is 0 Å². The van der Waals surface area contributed by atoms with Crippen LogP contribution in [0.5, 0.6) is 0 Å². The number of hydrogen-bond donors (Lipinski definition) is 1. The molecule has 0 amide bonds. The third-order valence-corrected chi connectivity index (χ3v) is 2.94. The molecule has 0 aliphatic rings. The maximum atomic E-state index is 8.83. The summed E-state index contributed by atoms with van der Waals surface area (Å²) in [7, 11) is 0. The molecule has 0 saturated carbocycles. The monoisotopic (exact) mass is 256 g/mol. The Bertz CT molecular complexity index is 463. The van der Waals surface area contributed by atoms with Crippen molar-refractivity contribution in [2.24, 2.45) is 0 Å². The van der Waals surface area contributed by atoms with Crippen LogP contribution in [0.1, 0.15) is 37.5 Å². The number of aliphatic hydroxyl groups excluding tert-OH is 1. The van der Waals surface area contributed by atoms with E-state index in [9.17, 15) is 0 Å². The van der Waals surface area contributed by atoms with E-state index in [1.807, 2.05) is 30.3 Å². The molecule has 0 aliphatic carbocycles. The number of aliphatic hydroxyl groups is 1. The Morgan fingerprint density at radius 2 is 1.37 bits per heavy atom. The van der Waals surface area contributed by atoms with Gasteiger partial charge in [0.15, 0.2) is 0 Å². The highest BCUT2D eigenvalue weighted by Gasteiger charge is 2.12. The van der Waals surface area contributed by atoms with Crippen LogP contribution < -0.4 is 0 Å². The predicted molar refractivity (Wildman–Crippen MR) is 82.2 cm³/mol. The maximum Gasteiger partial charge on any atom is 0.0681 e. The van der Waals surface area contributed by atoms with E-state index in [1.54, 1.807) is 0 Å². The van der Waals surface area contributed by atoms with Crippen molar-refractivity contribution < 1.29 is 5.11 Å². The molecule has 1 heteroatoms. The van der Waals surface area contributed by atoms with Gasteiger partial charge in [0.2, 0.25) is 0 Å². The summed E-state index contributed by atoms with van der Waals surface area (Å²) >= 11 is 0. The molecule has 0 radical (unpaired) electrons. The fraction of sp³-hybridized carbons (Fsp3) is 0.333. The van der Waals surface area contributed by atoms with E-state index in [2.05, 4.69) is 52.0 Å². The molecule has 0 bridgehead atoms. The Morgan fingerprint density at radius 1 is 0.842 bits per heavy atom. The molecule has 1 N–H and O–H groups in total. The van der Waals surface area contributed by atoms with E-state index in [4.69, 9.17) is 5.11 Å². The minimum atomic E-state index is 0.129. The Hall–Kier alpha value is -1.60. The second kappa shape index (κ2) is 7.10. The van der Waals surface area contributed by atoms with Crippen molar-refractivity contribution in [3.63, 3.8) is 0 Å². The van der Waals surface area contributed by atoms with E-state index in [-0.39, 0.29) is 12.0 Å². The molecular formula is C18H24O. The Labute approximate surface area is 116 Å². The van der Waals surface area contributed by atoms with Crippen molar-refractivity contribution in [1.82, 2.24) is 0 Å². The van der Waals surface area contributed by atoms with Crippen LogP contribution in [0.25, 0.3) is 0 Å². The zero-order valence-electron chi connectivity index (χ0n) is 12.4. The molecular weight excluding hydrogens is 232 g/mol. The highest BCUT2D eigenvalue weighted by molar-refractivity contribution is 5.26. The summed E-state index contributed by atoms with van der Waals surface area (Å²) in [6.45, 7) is 8.76. The highest BCUT2D eigenvalue weighted by Crippen LogP contribution is 2.21. The predicted octanol–water partition coefficient (Wildman–Crippen LogP) is 4.47. The van der Waals surface area contributed by atoms with Gasteiger partial charge in [-0.15, -0.1) is 0 Å². The molecule has 1 nitrogen and oxygen atoms in total. The van der Waals surface area contributed by atoms with Gasteiger partial charge in [-0.25, -0.2) is 0 Å². The molecule has 2 rings (SSSR count). The van der Waals surface area contributed by atoms with Gasteiger partial charge < -0.3 is 5.11 Å². The maximum absolute atomic E-state index is 8.83. The number of hydrogen-bond acceptors (Lipinski definition) is 1. The van der Waals surface area contributed by atoms with Crippen LogP contribution in [0.4, 0.5) is 0 Å². The first-order chi connectivity index (χ1) is 8.93. The lowest BCUT2D eigenvalue weighted by molar-refractivity contribution is 0.282. The van der Waals surface area contributed by atoms with Gasteiger partial charge in [0.05, 0.1) is 6.61 Å². The molecule has 102 valence electrons. The van der Waals surface area contributed by atoms with Crippen molar-refractivity contribution >= 4 is 0 Å². The minimum Gasteiger partial charge on any atom is -0.392 e. The topological polar surface area (TPSA) is 20.2 Å². The van der Waals surface area contributed by atoms with Crippen LogP contribution in [-0.2, 0) is 12.0 Å². The van der Waals surface area contributed by atoms with Crippen LogP contribution >= 0.6 is 0 Å². The van der Waals surface area contributed by atoms with Crippen LogP contribution in [-0.4, -0.2) is 5.11 Å². The quantitative estimate of drug-likeness (QED) is 0.798. The molecule has 0 saturated heterocycles. The molecule has 0 fully saturated rings. The normalized spacial score (nSPS) is 10.6. The SMILES string of the molecule is CC(C)(C)c1ccc(CO)cc1.Cc1ccccc1. The van der Waals surface area contributed by atoms with Crippen molar-refractivity contribution in [3.8, 4) is 0 Å². The second-order valence-electron chi connectivity index (χ2n) is 5.76. The van der Waals surface area contributed by atoms with Gasteiger partial charge in [0.1, 0.15) is 0 Å². The van der Waals surface area contributed by atoms with Gasteiger partial charge in [-0.1, -0.05) is 80.9 Å². The lowest BCUT2D eigenvalue weighted by Gasteiger charge is -2.18. The molecule has 2 aromatic rings. The summed E-state index contributed by atoms with van der Waals surface area (Å²) in [5.74, 6) is 0. The minimum absolute atomic E-state index is 0.129. The molecule has 0 aliphatic heterocycles. The molecule has 0 atom stereocenters. The van der Waals surface area contributed by atoms with Crippen molar-refractivity contribution in [1.29, 1.82) is 0 Å². The third-order valence-electron chi connectivity index (χ3n) is 2.94. The Morgan fingerprint density at radius 3 is 1.68 bits per heavy atom. The first-order valence-corrected chi connectivity index (χ1v) is 6.65. The van der Waals surface area contributed by atoms with Gasteiger partial charge in [0.25, 0.3) is 0 Å². The van der Waals surface area contributed by atoms with E-state index in [0.29, 0.717) is 0 Å². The van der Waals surface area contributed by atoms with Crippen molar-refractivity contribution in [3.05, 3.63) is 71.3 Å². The number of benzene rings is 2. The largest absolute Gasteiger partial charge is 0.392 e. The van der Waals surface area contributed by atoms with E-state index < -0.39 is 0 Å². The number of rotatable bonds is 1. The lowest BCUT2D eigenvalue weighted by Crippen LogP contribution is -2.10. The summed E-state index contributed by atoms with van der Waals surface area (Å²) in [6, 6.07) is 18.4. The Balaban J connectivity index is 0.000000218. The molecule has 0 heterocycles. The van der Waals surface area contributed by atoms with Crippen molar-refractivity contribution in [2.45, 2.75) is 39.7 Å². The molecule has 2 aromatic carbocycles. The third kappa shape index (κ3) is 5.71. The summed E-state index contributed by atoms with van der Waals surface area (Å²) < 4.78 is 0. The highest BCUT2D eigenvalue weighted by atomic mass is 16.3. The smallest absolute Gasteiger partial charge is 0.0681 e. The van der Waals surface area contributed by atoms with E-state index >= 15 is 0 Å². The first-order valence-electron chi connectivity index (χ1n) is 6.65. The second-order valence-corrected chi connectivity index (χ2v) is 5.76. The van der Waals surface area contributed by atoms with Gasteiger partial charge in [-0.3, -0.25) is 0 Å². The lowest BCUT2D eigenvalue weighted by atomic mass is 9.87. The zero-order chi connectivity index (χ0) is 14.3. The standard InChI is InChI=1S/C11H16O.C7H8/c1-11(2,3)10-6-4-9(8-12)5-7-10;1-7-5-3-2-4-6-7/h4-7,12H,8H2,1-3H3;2-6H,1H3. The fourth-order valence-electron chi connectivity index (χ4n) is 1.64. The average molecular weight is 256 g/mol. The van der Waals surface area contributed by atoms with Gasteiger partial charge in [-0.2, -0.15) is 0 Å². The Kier molecular flexibility index (Phi) is 5.78. The molecule has 0 aromatic heterocycles. The van der Waals surface area contributed by atoms with Crippen LogP contribution in [0.3, 0.4) is 0 Å². The molecule has 0 unspecified atom stereocenters. The van der Waals surface area contributed by atoms with E-state index in [0.717, 1.165) is 5.56 Å². The van der Waals surface area contributed by atoms with E-state index in [1.165, 1.54) is 11.1 Å². The number of aryl methyl sites for hydroxylation is 1. The summed E-state index contributed by atoms with van der Waals surface area (Å²) in [6.07, 6.45) is 0. The van der Waals surface area contributed by atoms with Gasteiger partial charge in [0, 0.05) is 0 Å². The van der Waals surface area contributed by atoms with Crippen LogP contribution in [0.2, 0.25) is 0 Å². The summed E-state index contributed by atoms with van der Waals surface area (Å²) in [5.41, 5.74) is 3.80.